The highest BCUT2D eigenvalue weighted by Crippen LogP contribution is 2.22. The second-order valence-electron chi connectivity index (χ2n) is 4.05. The highest BCUT2D eigenvalue weighted by atomic mass is 16.3. The van der Waals surface area contributed by atoms with Gasteiger partial charge in [-0.3, -0.25) is 4.79 Å². The molecular weight excluding hydrogens is 202 g/mol. The van der Waals surface area contributed by atoms with Gasteiger partial charge in [0.15, 0.2) is 0 Å². The van der Waals surface area contributed by atoms with Gasteiger partial charge in [0.25, 0.3) is 5.91 Å². The lowest BCUT2D eigenvalue weighted by molar-refractivity contribution is 0.0790. The van der Waals surface area contributed by atoms with Crippen LogP contribution in [0.1, 0.15) is 35.7 Å². The molecule has 0 aliphatic rings. The topological polar surface area (TPSA) is 40.5 Å². The summed E-state index contributed by atoms with van der Waals surface area (Å²) in [5, 5.41) is 9.79. The Labute approximate surface area is 96.7 Å². The lowest BCUT2D eigenvalue weighted by Gasteiger charge is -2.17. The van der Waals surface area contributed by atoms with Crippen molar-refractivity contribution in [3.05, 3.63) is 29.3 Å². The van der Waals surface area contributed by atoms with Crippen LogP contribution in [0, 0.1) is 6.92 Å². The molecule has 0 spiro atoms. The van der Waals surface area contributed by atoms with E-state index in [-0.39, 0.29) is 11.7 Å². The number of hydrogen-bond acceptors (Lipinski definition) is 2. The standard InChI is InChI=1S/C13H19NO2/c1-4-5-9-14(3)13(16)11-8-6-7-10(2)12(11)15/h6-8,15H,4-5,9H2,1-3H3. The van der Waals surface area contributed by atoms with Crippen molar-refractivity contribution in [3.8, 4) is 5.75 Å². The molecule has 0 aromatic heterocycles. The van der Waals surface area contributed by atoms with Crippen LogP contribution in [-0.4, -0.2) is 29.5 Å². The number of phenolic OH excluding ortho intramolecular Hbond substituents is 1. The third-order valence-electron chi connectivity index (χ3n) is 2.66. The maximum Gasteiger partial charge on any atom is 0.257 e. The maximum atomic E-state index is 12.0. The third kappa shape index (κ3) is 2.75. The van der Waals surface area contributed by atoms with Crippen molar-refractivity contribution in [1.82, 2.24) is 4.90 Å². The van der Waals surface area contributed by atoms with Gasteiger partial charge in [0, 0.05) is 13.6 Å². The zero-order chi connectivity index (χ0) is 12.1. The predicted molar refractivity (Wildman–Crippen MR) is 64.7 cm³/mol. The van der Waals surface area contributed by atoms with Gasteiger partial charge in [-0.15, -0.1) is 0 Å². The number of benzene rings is 1. The Kier molecular flexibility index (Phi) is 4.35. The van der Waals surface area contributed by atoms with Gasteiger partial charge in [0.1, 0.15) is 5.75 Å². The quantitative estimate of drug-likeness (QED) is 0.849. The average molecular weight is 221 g/mol. The Morgan fingerprint density at radius 1 is 1.44 bits per heavy atom. The van der Waals surface area contributed by atoms with E-state index in [0.29, 0.717) is 5.56 Å². The Morgan fingerprint density at radius 2 is 2.12 bits per heavy atom. The summed E-state index contributed by atoms with van der Waals surface area (Å²) < 4.78 is 0. The Balaban J connectivity index is 2.84. The number of unbranched alkanes of at least 4 members (excludes halogenated alkanes) is 1. The first-order valence-electron chi connectivity index (χ1n) is 5.62. The summed E-state index contributed by atoms with van der Waals surface area (Å²) >= 11 is 0. The summed E-state index contributed by atoms with van der Waals surface area (Å²) in [6.45, 7) is 4.60. The van der Waals surface area contributed by atoms with Crippen LogP contribution in [-0.2, 0) is 0 Å². The molecule has 1 aromatic carbocycles. The fraction of sp³-hybridized carbons (Fsp3) is 0.462. The summed E-state index contributed by atoms with van der Waals surface area (Å²) in [4.78, 5) is 13.6. The van der Waals surface area contributed by atoms with Crippen molar-refractivity contribution >= 4 is 5.91 Å². The summed E-state index contributed by atoms with van der Waals surface area (Å²) in [7, 11) is 1.76. The minimum atomic E-state index is -0.116. The Morgan fingerprint density at radius 3 is 2.75 bits per heavy atom. The van der Waals surface area contributed by atoms with Gasteiger partial charge in [-0.1, -0.05) is 25.5 Å². The van der Waals surface area contributed by atoms with E-state index in [4.69, 9.17) is 0 Å². The van der Waals surface area contributed by atoms with Crippen molar-refractivity contribution in [2.24, 2.45) is 0 Å². The average Bonchev–Trinajstić information content (AvgIpc) is 2.28. The number of rotatable bonds is 4. The zero-order valence-electron chi connectivity index (χ0n) is 10.2. The SMILES string of the molecule is CCCCN(C)C(=O)c1cccc(C)c1O. The summed E-state index contributed by atoms with van der Waals surface area (Å²) in [6.07, 6.45) is 2.03. The van der Waals surface area contributed by atoms with Gasteiger partial charge in [-0.05, 0) is 25.0 Å². The molecule has 1 aromatic rings. The number of amides is 1. The molecule has 0 atom stereocenters. The molecule has 88 valence electrons. The molecule has 0 fully saturated rings. The van der Waals surface area contributed by atoms with E-state index in [1.807, 2.05) is 0 Å². The first kappa shape index (κ1) is 12.6. The molecular formula is C13H19NO2. The first-order valence-corrected chi connectivity index (χ1v) is 5.62. The number of para-hydroxylation sites is 1. The van der Waals surface area contributed by atoms with E-state index in [9.17, 15) is 9.90 Å². The Bertz CT molecular complexity index is 374. The van der Waals surface area contributed by atoms with Crippen molar-refractivity contribution in [2.45, 2.75) is 26.7 Å². The van der Waals surface area contributed by atoms with Crippen molar-refractivity contribution < 1.29 is 9.90 Å². The van der Waals surface area contributed by atoms with Crippen molar-refractivity contribution in [2.75, 3.05) is 13.6 Å². The van der Waals surface area contributed by atoms with Gasteiger partial charge in [-0.2, -0.15) is 0 Å². The molecule has 0 radical (unpaired) electrons. The third-order valence-corrected chi connectivity index (χ3v) is 2.66. The number of nitrogens with zero attached hydrogens (tertiary/aromatic N) is 1. The van der Waals surface area contributed by atoms with E-state index in [0.717, 1.165) is 24.9 Å². The number of hydrogen-bond donors (Lipinski definition) is 1. The molecule has 0 bridgehead atoms. The monoisotopic (exact) mass is 221 g/mol. The van der Waals surface area contributed by atoms with Gasteiger partial charge in [-0.25, -0.2) is 0 Å². The van der Waals surface area contributed by atoms with E-state index >= 15 is 0 Å². The fourth-order valence-electron chi connectivity index (χ4n) is 1.53. The van der Waals surface area contributed by atoms with Crippen LogP contribution in [0.2, 0.25) is 0 Å². The number of carbonyl (C=O) groups excluding carboxylic acids is 1. The number of aromatic hydroxyl groups is 1. The first-order chi connectivity index (χ1) is 7.57. The highest BCUT2D eigenvalue weighted by molar-refractivity contribution is 5.97. The molecule has 0 saturated heterocycles. The van der Waals surface area contributed by atoms with Crippen molar-refractivity contribution in [1.29, 1.82) is 0 Å². The van der Waals surface area contributed by atoms with Gasteiger partial charge in [0.2, 0.25) is 0 Å². The predicted octanol–water partition coefficient (Wildman–Crippen LogP) is 2.57. The van der Waals surface area contributed by atoms with Crippen LogP contribution in [0.25, 0.3) is 0 Å². The molecule has 0 unspecified atom stereocenters. The minimum Gasteiger partial charge on any atom is -0.507 e. The molecule has 0 heterocycles. The van der Waals surface area contributed by atoms with Gasteiger partial charge >= 0.3 is 0 Å². The lowest BCUT2D eigenvalue weighted by atomic mass is 10.1. The second-order valence-corrected chi connectivity index (χ2v) is 4.05. The second kappa shape index (κ2) is 5.54. The molecule has 0 aliphatic heterocycles. The molecule has 0 saturated carbocycles. The summed E-state index contributed by atoms with van der Waals surface area (Å²) in [5.41, 5.74) is 1.12. The molecule has 3 heteroatoms. The van der Waals surface area contributed by atoms with E-state index in [1.165, 1.54) is 0 Å². The van der Waals surface area contributed by atoms with Crippen LogP contribution in [0.5, 0.6) is 5.75 Å². The number of carbonyl (C=O) groups is 1. The molecule has 16 heavy (non-hydrogen) atoms. The van der Waals surface area contributed by atoms with Crippen LogP contribution in [0.3, 0.4) is 0 Å². The van der Waals surface area contributed by atoms with Crippen LogP contribution < -0.4 is 0 Å². The smallest absolute Gasteiger partial charge is 0.257 e. The van der Waals surface area contributed by atoms with E-state index < -0.39 is 0 Å². The molecule has 1 rings (SSSR count). The number of phenols is 1. The number of aryl methyl sites for hydroxylation is 1. The Hall–Kier alpha value is -1.51. The zero-order valence-corrected chi connectivity index (χ0v) is 10.2. The molecule has 0 aliphatic carbocycles. The minimum absolute atomic E-state index is 0.0934. The van der Waals surface area contributed by atoms with Gasteiger partial charge in [0.05, 0.1) is 5.56 Å². The van der Waals surface area contributed by atoms with E-state index in [2.05, 4.69) is 6.92 Å². The maximum absolute atomic E-state index is 12.0. The van der Waals surface area contributed by atoms with Crippen LogP contribution in [0.15, 0.2) is 18.2 Å². The molecule has 1 N–H and O–H groups in total. The summed E-state index contributed by atoms with van der Waals surface area (Å²) in [5.74, 6) is -0.0227. The lowest BCUT2D eigenvalue weighted by Crippen LogP contribution is -2.27. The molecule has 1 amide bonds. The highest BCUT2D eigenvalue weighted by Gasteiger charge is 2.15. The van der Waals surface area contributed by atoms with E-state index in [1.54, 1.807) is 37.1 Å². The van der Waals surface area contributed by atoms with Crippen molar-refractivity contribution in [3.63, 3.8) is 0 Å². The van der Waals surface area contributed by atoms with Gasteiger partial charge < -0.3 is 10.0 Å². The normalized spacial score (nSPS) is 10.2. The molecule has 3 nitrogen and oxygen atoms in total. The van der Waals surface area contributed by atoms with Crippen LogP contribution in [0.4, 0.5) is 0 Å². The fourth-order valence-corrected chi connectivity index (χ4v) is 1.53. The largest absolute Gasteiger partial charge is 0.507 e. The van der Waals surface area contributed by atoms with Crippen LogP contribution >= 0.6 is 0 Å². The summed E-state index contributed by atoms with van der Waals surface area (Å²) in [6, 6.07) is 5.24.